The second kappa shape index (κ2) is 13.9. The van der Waals surface area contributed by atoms with E-state index in [1.54, 1.807) is 0 Å². The molecule has 0 heterocycles. The van der Waals surface area contributed by atoms with Crippen LogP contribution in [0.3, 0.4) is 0 Å². The van der Waals surface area contributed by atoms with E-state index in [2.05, 4.69) is 27.9 Å². The number of halogens is 1. The lowest BCUT2D eigenvalue weighted by atomic mass is 10.1. The molecule has 2 heteroatoms. The number of quaternary nitrogens is 1. The molecule has 0 N–H and O–H groups in total. The molecule has 0 radical (unpaired) electrons. The van der Waals surface area contributed by atoms with Gasteiger partial charge in [0.05, 0.1) is 27.2 Å². The Balaban J connectivity index is 0. The summed E-state index contributed by atoms with van der Waals surface area (Å²) in [5.41, 5.74) is 0. The first-order valence-corrected chi connectivity index (χ1v) is 7.94. The van der Waals surface area contributed by atoms with E-state index >= 15 is 0 Å². The van der Waals surface area contributed by atoms with E-state index in [0.717, 1.165) is 0 Å². The first kappa shape index (κ1) is 20.8. The topological polar surface area (TPSA) is 0 Å². The highest BCUT2D eigenvalue weighted by atomic mass is 79.9. The second-order valence-corrected chi connectivity index (χ2v) is 6.16. The van der Waals surface area contributed by atoms with Crippen LogP contribution < -0.4 is 17.0 Å². The zero-order chi connectivity index (χ0) is 13.0. The van der Waals surface area contributed by atoms with Crippen molar-refractivity contribution in [1.29, 1.82) is 0 Å². The monoisotopic (exact) mass is 321 g/mol. The third-order valence-corrected chi connectivity index (χ3v) is 3.97. The summed E-state index contributed by atoms with van der Waals surface area (Å²) < 4.78 is 1.19. The molecule has 0 saturated heterocycles. The van der Waals surface area contributed by atoms with Gasteiger partial charge in [0.1, 0.15) is 0 Å². The van der Waals surface area contributed by atoms with Crippen LogP contribution >= 0.6 is 0 Å². The summed E-state index contributed by atoms with van der Waals surface area (Å²) in [6.07, 6.45) is 14.4. The molecule has 0 aliphatic carbocycles. The van der Waals surface area contributed by atoms with Crippen LogP contribution in [0.4, 0.5) is 0 Å². The lowest BCUT2D eigenvalue weighted by Gasteiger charge is -2.28. The Hall–Kier alpha value is 0.440. The Morgan fingerprint density at radius 1 is 0.611 bits per heavy atom. The van der Waals surface area contributed by atoms with Gasteiger partial charge in [-0.2, -0.15) is 0 Å². The molecule has 0 rings (SSSR count). The molecule has 112 valence electrons. The Labute approximate surface area is 127 Å². The van der Waals surface area contributed by atoms with E-state index in [0.29, 0.717) is 0 Å². The van der Waals surface area contributed by atoms with E-state index in [-0.39, 0.29) is 17.0 Å². The first-order valence-electron chi connectivity index (χ1n) is 7.94. The van der Waals surface area contributed by atoms with E-state index in [9.17, 15) is 0 Å². The Morgan fingerprint density at radius 3 is 1.39 bits per heavy atom. The Morgan fingerprint density at radius 2 is 1.00 bits per heavy atom. The van der Waals surface area contributed by atoms with Crippen molar-refractivity contribution in [2.75, 3.05) is 27.2 Å². The quantitative estimate of drug-likeness (QED) is 0.381. The molecule has 0 aromatic carbocycles. The third kappa shape index (κ3) is 14.5. The standard InChI is InChI=1S/C16H36N.BrH/c1-5-7-8-9-10-11-12-13-14-15-16-17(3,4)6-2;/h5-16H2,1-4H3;1H/q+1;/p-1. The number of hydrogen-bond acceptors (Lipinski definition) is 0. The second-order valence-electron chi connectivity index (χ2n) is 6.16. The van der Waals surface area contributed by atoms with Gasteiger partial charge in [-0.3, -0.25) is 0 Å². The van der Waals surface area contributed by atoms with Gasteiger partial charge in [-0.25, -0.2) is 0 Å². The van der Waals surface area contributed by atoms with Crippen LogP contribution in [0.2, 0.25) is 0 Å². The van der Waals surface area contributed by atoms with Gasteiger partial charge >= 0.3 is 0 Å². The van der Waals surface area contributed by atoms with Gasteiger partial charge in [0, 0.05) is 0 Å². The zero-order valence-corrected chi connectivity index (χ0v) is 14.9. The summed E-state index contributed by atoms with van der Waals surface area (Å²) in [7, 11) is 4.68. The fourth-order valence-electron chi connectivity index (χ4n) is 2.19. The maximum Gasteiger partial charge on any atom is 0.0782 e. The van der Waals surface area contributed by atoms with Gasteiger partial charge in [0.25, 0.3) is 0 Å². The van der Waals surface area contributed by atoms with E-state index < -0.39 is 0 Å². The van der Waals surface area contributed by atoms with Gasteiger partial charge < -0.3 is 21.5 Å². The molecule has 0 spiro atoms. The molecule has 1 nitrogen and oxygen atoms in total. The first-order chi connectivity index (χ1) is 8.12. The van der Waals surface area contributed by atoms with Crippen molar-refractivity contribution < 1.29 is 21.5 Å². The van der Waals surface area contributed by atoms with E-state index in [1.165, 1.54) is 81.8 Å². The van der Waals surface area contributed by atoms with E-state index in [4.69, 9.17) is 0 Å². The molecular weight excluding hydrogens is 286 g/mol. The van der Waals surface area contributed by atoms with E-state index in [1.807, 2.05) is 0 Å². The minimum absolute atomic E-state index is 0. The summed E-state index contributed by atoms with van der Waals surface area (Å²) in [4.78, 5) is 0. The molecule has 0 aliphatic rings. The fraction of sp³-hybridized carbons (Fsp3) is 1.00. The van der Waals surface area contributed by atoms with Crippen LogP contribution in [0, 0.1) is 0 Å². The summed E-state index contributed by atoms with van der Waals surface area (Å²) in [5.74, 6) is 0. The van der Waals surface area contributed by atoms with Crippen molar-refractivity contribution in [3.63, 3.8) is 0 Å². The lowest BCUT2D eigenvalue weighted by molar-refractivity contribution is -0.888. The minimum Gasteiger partial charge on any atom is -1.00 e. The predicted octanol–water partition coefficient (Wildman–Crippen LogP) is 2.01. The molecule has 0 saturated carbocycles. The highest BCUT2D eigenvalue weighted by Gasteiger charge is 2.09. The number of hydrogen-bond donors (Lipinski definition) is 0. The average Bonchev–Trinajstić information content (AvgIpc) is 2.31. The van der Waals surface area contributed by atoms with Crippen LogP contribution in [0.25, 0.3) is 0 Å². The zero-order valence-electron chi connectivity index (χ0n) is 13.3. The molecule has 0 aromatic rings. The molecule has 0 bridgehead atoms. The van der Waals surface area contributed by atoms with Gasteiger partial charge in [0.15, 0.2) is 0 Å². The van der Waals surface area contributed by atoms with Crippen molar-refractivity contribution >= 4 is 0 Å². The van der Waals surface area contributed by atoms with Crippen molar-refractivity contribution in [3.05, 3.63) is 0 Å². The van der Waals surface area contributed by atoms with Crippen molar-refractivity contribution in [1.82, 2.24) is 0 Å². The van der Waals surface area contributed by atoms with Crippen molar-refractivity contribution in [3.8, 4) is 0 Å². The molecule has 0 aromatic heterocycles. The SMILES string of the molecule is CCCCCCCCCCCC[N+](C)(C)CC.[Br-]. The molecule has 0 amide bonds. The van der Waals surface area contributed by atoms with Crippen LogP contribution in [-0.2, 0) is 0 Å². The molecule has 0 unspecified atom stereocenters. The van der Waals surface area contributed by atoms with Gasteiger partial charge in [-0.1, -0.05) is 58.3 Å². The number of nitrogens with zero attached hydrogens (tertiary/aromatic N) is 1. The van der Waals surface area contributed by atoms with Gasteiger partial charge in [-0.05, 0) is 19.8 Å². The average molecular weight is 322 g/mol. The van der Waals surface area contributed by atoms with Gasteiger partial charge in [0.2, 0.25) is 0 Å². The summed E-state index contributed by atoms with van der Waals surface area (Å²) in [6.45, 7) is 7.19. The highest BCUT2D eigenvalue weighted by Crippen LogP contribution is 2.11. The summed E-state index contributed by atoms with van der Waals surface area (Å²) in [6, 6.07) is 0. The predicted molar refractivity (Wildman–Crippen MR) is 79.4 cm³/mol. The largest absolute Gasteiger partial charge is 1.00 e. The fourth-order valence-corrected chi connectivity index (χ4v) is 2.19. The van der Waals surface area contributed by atoms with Crippen LogP contribution in [0.1, 0.15) is 78.1 Å². The van der Waals surface area contributed by atoms with Crippen LogP contribution in [-0.4, -0.2) is 31.7 Å². The van der Waals surface area contributed by atoms with Crippen LogP contribution in [0.5, 0.6) is 0 Å². The lowest BCUT2D eigenvalue weighted by Crippen LogP contribution is -3.00. The van der Waals surface area contributed by atoms with Crippen molar-refractivity contribution in [2.45, 2.75) is 78.1 Å². The highest BCUT2D eigenvalue weighted by molar-refractivity contribution is 4.47. The Bertz CT molecular complexity index is 157. The van der Waals surface area contributed by atoms with Crippen LogP contribution in [0.15, 0.2) is 0 Å². The number of rotatable bonds is 12. The minimum atomic E-state index is 0. The summed E-state index contributed by atoms with van der Waals surface area (Å²) in [5, 5.41) is 0. The molecule has 18 heavy (non-hydrogen) atoms. The van der Waals surface area contributed by atoms with Gasteiger partial charge in [-0.15, -0.1) is 0 Å². The maximum absolute atomic E-state index is 2.34. The summed E-state index contributed by atoms with van der Waals surface area (Å²) >= 11 is 0. The molecular formula is C16H36BrN. The molecule has 0 fully saturated rings. The van der Waals surface area contributed by atoms with Crippen molar-refractivity contribution in [2.24, 2.45) is 0 Å². The smallest absolute Gasteiger partial charge is 0.0782 e. The maximum atomic E-state index is 2.34. The normalized spacial score (nSPS) is 11.3. The molecule has 0 aliphatic heterocycles. The molecule has 0 atom stereocenters. The number of unbranched alkanes of at least 4 members (excludes halogenated alkanes) is 9. The third-order valence-electron chi connectivity index (χ3n) is 3.97. The Kier molecular flexibility index (Phi) is 16.0.